The van der Waals surface area contributed by atoms with Crippen LogP contribution < -0.4 is 5.32 Å². The summed E-state index contributed by atoms with van der Waals surface area (Å²) in [6, 6.07) is 5.14. The van der Waals surface area contributed by atoms with Gasteiger partial charge in [0.25, 0.3) is 0 Å². The molecule has 0 unspecified atom stereocenters. The van der Waals surface area contributed by atoms with Crippen LogP contribution in [0.4, 0.5) is 5.69 Å². The highest BCUT2D eigenvalue weighted by molar-refractivity contribution is 7.90. The SMILES string of the molecule is CCn1nccc1CNc1ccc(S(C)(=O)=O)nc1. The molecule has 0 aliphatic carbocycles. The van der Waals surface area contributed by atoms with Crippen molar-refractivity contribution in [3.05, 3.63) is 36.3 Å². The number of hydrogen-bond donors (Lipinski definition) is 1. The van der Waals surface area contributed by atoms with Gasteiger partial charge < -0.3 is 5.32 Å². The number of pyridine rings is 1. The molecule has 0 aromatic carbocycles. The molecule has 0 bridgehead atoms. The Morgan fingerprint density at radius 3 is 2.68 bits per heavy atom. The monoisotopic (exact) mass is 280 g/mol. The molecule has 6 nitrogen and oxygen atoms in total. The number of rotatable bonds is 5. The predicted octanol–water partition coefficient (Wildman–Crippen LogP) is 1.31. The van der Waals surface area contributed by atoms with E-state index >= 15 is 0 Å². The van der Waals surface area contributed by atoms with E-state index in [0.717, 1.165) is 24.2 Å². The standard InChI is InChI=1S/C12H16N4O2S/c1-3-16-11(6-7-15-16)9-13-10-4-5-12(14-8-10)19(2,17)18/h4-8,13H,3,9H2,1-2H3. The van der Waals surface area contributed by atoms with Crippen LogP contribution in [0.15, 0.2) is 35.6 Å². The van der Waals surface area contributed by atoms with Crippen LogP contribution in [0.1, 0.15) is 12.6 Å². The fourth-order valence-corrected chi connectivity index (χ4v) is 2.25. The molecule has 0 saturated carbocycles. The topological polar surface area (TPSA) is 76.9 Å². The van der Waals surface area contributed by atoms with Crippen LogP contribution in [-0.4, -0.2) is 29.4 Å². The van der Waals surface area contributed by atoms with Gasteiger partial charge in [0.2, 0.25) is 0 Å². The van der Waals surface area contributed by atoms with Crippen LogP contribution >= 0.6 is 0 Å². The summed E-state index contributed by atoms with van der Waals surface area (Å²) in [7, 11) is -3.24. The molecule has 7 heteroatoms. The van der Waals surface area contributed by atoms with Gasteiger partial charge in [-0.25, -0.2) is 13.4 Å². The quantitative estimate of drug-likeness (QED) is 0.893. The van der Waals surface area contributed by atoms with Gasteiger partial charge in [-0.05, 0) is 25.1 Å². The summed E-state index contributed by atoms with van der Waals surface area (Å²) in [5.74, 6) is 0. The molecule has 0 radical (unpaired) electrons. The van der Waals surface area contributed by atoms with Crippen molar-refractivity contribution in [2.75, 3.05) is 11.6 Å². The van der Waals surface area contributed by atoms with E-state index in [0.29, 0.717) is 6.54 Å². The number of aryl methyl sites for hydroxylation is 1. The zero-order valence-electron chi connectivity index (χ0n) is 10.9. The molecule has 0 aliphatic rings. The molecule has 0 amide bonds. The Hall–Kier alpha value is -1.89. The molecule has 0 aliphatic heterocycles. The molecule has 2 heterocycles. The largest absolute Gasteiger partial charge is 0.378 e. The highest BCUT2D eigenvalue weighted by atomic mass is 32.2. The molecule has 2 rings (SSSR count). The summed E-state index contributed by atoms with van der Waals surface area (Å²) >= 11 is 0. The molecule has 2 aromatic heterocycles. The van der Waals surface area contributed by atoms with Crippen LogP contribution in [0.25, 0.3) is 0 Å². The smallest absolute Gasteiger partial charge is 0.192 e. The van der Waals surface area contributed by atoms with E-state index in [-0.39, 0.29) is 5.03 Å². The summed E-state index contributed by atoms with van der Waals surface area (Å²) in [4.78, 5) is 3.92. The van der Waals surface area contributed by atoms with E-state index in [9.17, 15) is 8.42 Å². The van der Waals surface area contributed by atoms with Crippen LogP contribution in [0.2, 0.25) is 0 Å². The van der Waals surface area contributed by atoms with Crippen LogP contribution in [-0.2, 0) is 22.9 Å². The Morgan fingerprint density at radius 1 is 1.32 bits per heavy atom. The van der Waals surface area contributed by atoms with E-state index in [4.69, 9.17) is 0 Å². The van der Waals surface area contributed by atoms with Gasteiger partial charge in [0.1, 0.15) is 0 Å². The van der Waals surface area contributed by atoms with Crippen molar-refractivity contribution in [3.63, 3.8) is 0 Å². The minimum Gasteiger partial charge on any atom is -0.378 e. The molecule has 19 heavy (non-hydrogen) atoms. The number of aromatic nitrogens is 3. The highest BCUT2D eigenvalue weighted by Crippen LogP contribution is 2.11. The molecule has 0 fully saturated rings. The van der Waals surface area contributed by atoms with Crippen molar-refractivity contribution >= 4 is 15.5 Å². The lowest BCUT2D eigenvalue weighted by Gasteiger charge is -2.08. The molecule has 2 aromatic rings. The first-order chi connectivity index (χ1) is 9.00. The number of nitrogens with zero attached hydrogens (tertiary/aromatic N) is 3. The van der Waals surface area contributed by atoms with Crippen LogP contribution in [0, 0.1) is 0 Å². The van der Waals surface area contributed by atoms with Crippen molar-refractivity contribution in [1.29, 1.82) is 0 Å². The van der Waals surface area contributed by atoms with E-state index in [1.807, 2.05) is 17.7 Å². The summed E-state index contributed by atoms with van der Waals surface area (Å²) in [6.07, 6.45) is 4.41. The zero-order valence-corrected chi connectivity index (χ0v) is 11.7. The van der Waals surface area contributed by atoms with E-state index in [2.05, 4.69) is 15.4 Å². The second-order valence-corrected chi connectivity index (χ2v) is 6.11. The van der Waals surface area contributed by atoms with Gasteiger partial charge in [-0.15, -0.1) is 0 Å². The van der Waals surface area contributed by atoms with E-state index in [1.165, 1.54) is 12.3 Å². The van der Waals surface area contributed by atoms with Gasteiger partial charge in [-0.2, -0.15) is 5.10 Å². The van der Waals surface area contributed by atoms with Crippen LogP contribution in [0.5, 0.6) is 0 Å². The summed E-state index contributed by atoms with van der Waals surface area (Å²) < 4.78 is 24.4. The zero-order chi connectivity index (χ0) is 13.9. The lowest BCUT2D eigenvalue weighted by atomic mass is 10.3. The Morgan fingerprint density at radius 2 is 2.11 bits per heavy atom. The molecular formula is C12H16N4O2S. The third-order valence-electron chi connectivity index (χ3n) is 2.69. The van der Waals surface area contributed by atoms with Crippen molar-refractivity contribution < 1.29 is 8.42 Å². The molecular weight excluding hydrogens is 264 g/mol. The first-order valence-electron chi connectivity index (χ1n) is 5.91. The first kappa shape index (κ1) is 13.5. The van der Waals surface area contributed by atoms with Crippen molar-refractivity contribution in [3.8, 4) is 0 Å². The second-order valence-electron chi connectivity index (χ2n) is 4.15. The molecule has 0 spiro atoms. The maximum atomic E-state index is 11.3. The van der Waals surface area contributed by atoms with Gasteiger partial charge >= 0.3 is 0 Å². The first-order valence-corrected chi connectivity index (χ1v) is 7.80. The maximum absolute atomic E-state index is 11.3. The third-order valence-corrected chi connectivity index (χ3v) is 3.70. The normalized spacial score (nSPS) is 11.5. The fourth-order valence-electron chi connectivity index (χ4n) is 1.69. The van der Waals surface area contributed by atoms with Crippen molar-refractivity contribution in [2.45, 2.75) is 25.0 Å². The Labute approximate surface area is 112 Å². The number of sulfone groups is 1. The van der Waals surface area contributed by atoms with Crippen LogP contribution in [0.3, 0.4) is 0 Å². The molecule has 0 saturated heterocycles. The summed E-state index contributed by atoms with van der Waals surface area (Å²) in [5.41, 5.74) is 1.84. The van der Waals surface area contributed by atoms with Gasteiger partial charge in [-0.3, -0.25) is 4.68 Å². The van der Waals surface area contributed by atoms with Gasteiger partial charge in [0.15, 0.2) is 14.9 Å². The maximum Gasteiger partial charge on any atom is 0.192 e. The Bertz CT molecular complexity index is 647. The van der Waals surface area contributed by atoms with Crippen molar-refractivity contribution in [1.82, 2.24) is 14.8 Å². The van der Waals surface area contributed by atoms with Gasteiger partial charge in [0, 0.05) is 19.0 Å². The molecule has 102 valence electrons. The minimum absolute atomic E-state index is 0.0802. The number of anilines is 1. The van der Waals surface area contributed by atoms with Gasteiger partial charge in [-0.1, -0.05) is 0 Å². The predicted molar refractivity (Wildman–Crippen MR) is 72.6 cm³/mol. The molecule has 0 atom stereocenters. The van der Waals surface area contributed by atoms with Gasteiger partial charge in [0.05, 0.1) is 24.1 Å². The lowest BCUT2D eigenvalue weighted by molar-refractivity contribution is 0.598. The fraction of sp³-hybridized carbons (Fsp3) is 0.333. The van der Waals surface area contributed by atoms with Crippen molar-refractivity contribution in [2.24, 2.45) is 0 Å². The Balaban J connectivity index is 2.05. The number of hydrogen-bond acceptors (Lipinski definition) is 5. The average Bonchev–Trinajstić information content (AvgIpc) is 2.83. The third kappa shape index (κ3) is 3.31. The lowest BCUT2D eigenvalue weighted by Crippen LogP contribution is -2.08. The summed E-state index contributed by atoms with van der Waals surface area (Å²) in [6.45, 7) is 3.46. The number of nitrogens with one attached hydrogen (secondary N) is 1. The molecule has 1 N–H and O–H groups in total. The summed E-state index contributed by atoms with van der Waals surface area (Å²) in [5, 5.41) is 7.44. The second kappa shape index (κ2) is 5.40. The highest BCUT2D eigenvalue weighted by Gasteiger charge is 2.08. The average molecular weight is 280 g/mol. The Kier molecular flexibility index (Phi) is 3.84. The van der Waals surface area contributed by atoms with E-state index < -0.39 is 9.84 Å². The van der Waals surface area contributed by atoms with E-state index in [1.54, 1.807) is 12.3 Å². The minimum atomic E-state index is -3.24.